The van der Waals surface area contributed by atoms with Crippen molar-refractivity contribution in [2.75, 3.05) is 6.54 Å². The van der Waals surface area contributed by atoms with Crippen LogP contribution in [0.25, 0.3) is 0 Å². The molecule has 1 atom stereocenters. The monoisotopic (exact) mass is 288 g/mol. The standard InChI is InChI=1S/C12H14Cl2N2O2/c13-8-3-7(4-9(14)5-8)10(17)6-16-11(18)12(15)1-2-12/h3-5,10,17H,1-2,6,15H2,(H,16,18). The first-order valence-corrected chi connectivity index (χ1v) is 6.37. The summed E-state index contributed by atoms with van der Waals surface area (Å²) < 4.78 is 0. The molecule has 0 spiro atoms. The summed E-state index contributed by atoms with van der Waals surface area (Å²) in [6.07, 6.45) is 0.531. The van der Waals surface area contributed by atoms with Crippen LogP contribution >= 0.6 is 23.2 Å². The highest BCUT2D eigenvalue weighted by molar-refractivity contribution is 6.34. The lowest BCUT2D eigenvalue weighted by Crippen LogP contribution is -2.44. The predicted molar refractivity (Wildman–Crippen MR) is 70.6 cm³/mol. The minimum absolute atomic E-state index is 0.0917. The van der Waals surface area contributed by atoms with E-state index in [0.717, 1.165) is 0 Å². The summed E-state index contributed by atoms with van der Waals surface area (Å²) in [5.41, 5.74) is 5.56. The van der Waals surface area contributed by atoms with Gasteiger partial charge in [0.05, 0.1) is 11.6 Å². The Kier molecular flexibility index (Phi) is 3.82. The molecule has 0 bridgehead atoms. The number of nitrogens with one attached hydrogen (secondary N) is 1. The fourth-order valence-electron chi connectivity index (χ4n) is 1.61. The number of carbonyl (C=O) groups is 1. The van der Waals surface area contributed by atoms with Crippen LogP contribution in [0.1, 0.15) is 24.5 Å². The van der Waals surface area contributed by atoms with Gasteiger partial charge in [-0.1, -0.05) is 23.2 Å². The van der Waals surface area contributed by atoms with Crippen LogP contribution in [0.15, 0.2) is 18.2 Å². The van der Waals surface area contributed by atoms with E-state index in [4.69, 9.17) is 28.9 Å². The Morgan fingerprint density at radius 2 is 1.94 bits per heavy atom. The number of benzene rings is 1. The molecule has 18 heavy (non-hydrogen) atoms. The molecule has 1 aliphatic carbocycles. The molecule has 1 unspecified atom stereocenters. The van der Waals surface area contributed by atoms with Crippen molar-refractivity contribution in [1.29, 1.82) is 0 Å². The van der Waals surface area contributed by atoms with E-state index in [0.29, 0.717) is 28.5 Å². The first kappa shape index (κ1) is 13.6. The van der Waals surface area contributed by atoms with Gasteiger partial charge in [0.25, 0.3) is 0 Å². The number of rotatable bonds is 4. The molecule has 98 valence electrons. The molecule has 1 aromatic carbocycles. The van der Waals surface area contributed by atoms with Crippen LogP contribution in [0.4, 0.5) is 0 Å². The number of nitrogens with two attached hydrogens (primary N) is 1. The van der Waals surface area contributed by atoms with E-state index in [-0.39, 0.29) is 12.5 Å². The number of amides is 1. The normalized spacial score (nSPS) is 18.2. The zero-order chi connectivity index (χ0) is 13.3. The molecule has 6 heteroatoms. The van der Waals surface area contributed by atoms with Gasteiger partial charge < -0.3 is 16.2 Å². The van der Waals surface area contributed by atoms with Crippen LogP contribution in [0.2, 0.25) is 10.0 Å². The van der Waals surface area contributed by atoms with Gasteiger partial charge in [0.2, 0.25) is 5.91 Å². The fourth-order valence-corrected chi connectivity index (χ4v) is 2.16. The summed E-state index contributed by atoms with van der Waals surface area (Å²) in [5, 5.41) is 13.4. The third-order valence-electron chi connectivity index (χ3n) is 2.97. The van der Waals surface area contributed by atoms with E-state index in [1.807, 2.05) is 0 Å². The van der Waals surface area contributed by atoms with Crippen molar-refractivity contribution in [2.45, 2.75) is 24.5 Å². The maximum absolute atomic E-state index is 11.6. The summed E-state index contributed by atoms with van der Waals surface area (Å²) in [6.45, 7) is 0.0917. The highest BCUT2D eigenvalue weighted by atomic mass is 35.5. The minimum atomic E-state index is -0.854. The highest BCUT2D eigenvalue weighted by Crippen LogP contribution is 2.32. The quantitative estimate of drug-likeness (QED) is 0.788. The lowest BCUT2D eigenvalue weighted by molar-refractivity contribution is -0.123. The molecule has 0 radical (unpaired) electrons. The number of aliphatic hydroxyl groups is 1. The van der Waals surface area contributed by atoms with Crippen molar-refractivity contribution < 1.29 is 9.90 Å². The lowest BCUT2D eigenvalue weighted by Gasteiger charge is -2.15. The Hall–Kier alpha value is -0.810. The van der Waals surface area contributed by atoms with E-state index in [1.165, 1.54) is 0 Å². The number of aliphatic hydroxyl groups excluding tert-OH is 1. The van der Waals surface area contributed by atoms with Gasteiger partial charge in [-0.05, 0) is 36.6 Å². The largest absolute Gasteiger partial charge is 0.387 e. The third kappa shape index (κ3) is 3.14. The van der Waals surface area contributed by atoms with Crippen LogP contribution in [0.3, 0.4) is 0 Å². The second-order valence-corrected chi connectivity index (χ2v) is 5.46. The molecule has 4 N–H and O–H groups in total. The zero-order valence-corrected chi connectivity index (χ0v) is 11.1. The highest BCUT2D eigenvalue weighted by Gasteiger charge is 2.45. The number of halogens is 2. The topological polar surface area (TPSA) is 75.4 Å². The maximum atomic E-state index is 11.6. The summed E-state index contributed by atoms with van der Waals surface area (Å²) in [5.74, 6) is -0.227. The van der Waals surface area contributed by atoms with Crippen LogP contribution in [-0.2, 0) is 4.79 Å². The molecule has 0 aliphatic heterocycles. The van der Waals surface area contributed by atoms with Crippen molar-refractivity contribution in [3.8, 4) is 0 Å². The number of carbonyl (C=O) groups excluding carboxylic acids is 1. The maximum Gasteiger partial charge on any atom is 0.240 e. The van der Waals surface area contributed by atoms with E-state index in [2.05, 4.69) is 5.32 Å². The molecule has 1 fully saturated rings. The molecule has 1 aliphatic rings. The molecule has 0 heterocycles. The molecule has 0 saturated heterocycles. The Morgan fingerprint density at radius 1 is 1.39 bits per heavy atom. The first-order valence-electron chi connectivity index (χ1n) is 5.62. The Bertz CT molecular complexity index is 455. The molecular formula is C12H14Cl2N2O2. The predicted octanol–water partition coefficient (Wildman–Crippen LogP) is 1.63. The average Bonchev–Trinajstić information content (AvgIpc) is 3.03. The fraction of sp³-hybridized carbons (Fsp3) is 0.417. The van der Waals surface area contributed by atoms with E-state index < -0.39 is 11.6 Å². The molecule has 0 aromatic heterocycles. The Morgan fingerprint density at radius 3 is 2.44 bits per heavy atom. The summed E-state index contributed by atoms with van der Waals surface area (Å²) in [6, 6.07) is 4.80. The molecular weight excluding hydrogens is 275 g/mol. The van der Waals surface area contributed by atoms with Crippen LogP contribution in [-0.4, -0.2) is 23.1 Å². The molecule has 4 nitrogen and oxygen atoms in total. The Balaban J connectivity index is 1.95. The van der Waals surface area contributed by atoms with Gasteiger partial charge in [-0.3, -0.25) is 4.79 Å². The van der Waals surface area contributed by atoms with E-state index >= 15 is 0 Å². The summed E-state index contributed by atoms with van der Waals surface area (Å²) in [4.78, 5) is 11.6. The first-order chi connectivity index (χ1) is 8.40. The lowest BCUT2D eigenvalue weighted by atomic mass is 10.1. The van der Waals surface area contributed by atoms with Gasteiger partial charge >= 0.3 is 0 Å². The summed E-state index contributed by atoms with van der Waals surface area (Å²) >= 11 is 11.7. The van der Waals surface area contributed by atoms with Crippen molar-refractivity contribution >= 4 is 29.1 Å². The van der Waals surface area contributed by atoms with Crippen LogP contribution in [0, 0.1) is 0 Å². The van der Waals surface area contributed by atoms with Gasteiger partial charge in [-0.2, -0.15) is 0 Å². The van der Waals surface area contributed by atoms with Gasteiger partial charge in [0.15, 0.2) is 0 Å². The van der Waals surface area contributed by atoms with E-state index in [1.54, 1.807) is 18.2 Å². The van der Waals surface area contributed by atoms with Gasteiger partial charge in [0.1, 0.15) is 0 Å². The SMILES string of the molecule is NC1(C(=O)NCC(O)c2cc(Cl)cc(Cl)c2)CC1. The number of hydrogen-bond donors (Lipinski definition) is 3. The smallest absolute Gasteiger partial charge is 0.240 e. The van der Waals surface area contributed by atoms with Crippen LogP contribution in [0.5, 0.6) is 0 Å². The Labute approximate surface area is 115 Å². The second kappa shape index (κ2) is 5.05. The zero-order valence-electron chi connectivity index (χ0n) is 9.62. The summed E-state index contributed by atoms with van der Waals surface area (Å²) in [7, 11) is 0. The minimum Gasteiger partial charge on any atom is -0.387 e. The molecule has 2 rings (SSSR count). The van der Waals surface area contributed by atoms with Gasteiger partial charge in [-0.15, -0.1) is 0 Å². The van der Waals surface area contributed by atoms with Crippen molar-refractivity contribution in [2.24, 2.45) is 5.73 Å². The van der Waals surface area contributed by atoms with Gasteiger partial charge in [0, 0.05) is 16.6 Å². The van der Waals surface area contributed by atoms with Crippen molar-refractivity contribution in [3.63, 3.8) is 0 Å². The third-order valence-corrected chi connectivity index (χ3v) is 3.40. The van der Waals surface area contributed by atoms with E-state index in [9.17, 15) is 9.90 Å². The van der Waals surface area contributed by atoms with Gasteiger partial charge in [-0.25, -0.2) is 0 Å². The average molecular weight is 289 g/mol. The molecule has 1 aromatic rings. The van der Waals surface area contributed by atoms with Crippen molar-refractivity contribution in [3.05, 3.63) is 33.8 Å². The molecule has 1 saturated carbocycles. The van der Waals surface area contributed by atoms with Crippen molar-refractivity contribution in [1.82, 2.24) is 5.32 Å². The number of hydrogen-bond acceptors (Lipinski definition) is 3. The second-order valence-electron chi connectivity index (χ2n) is 4.58. The van der Waals surface area contributed by atoms with Crippen LogP contribution < -0.4 is 11.1 Å². The molecule has 1 amide bonds.